The van der Waals surface area contributed by atoms with Gasteiger partial charge in [0.2, 0.25) is 5.91 Å². The summed E-state index contributed by atoms with van der Waals surface area (Å²) in [6, 6.07) is 5.86. The number of carboxylic acid groups (broad SMARTS) is 1. The molecule has 0 aliphatic carbocycles. The van der Waals surface area contributed by atoms with Crippen molar-refractivity contribution in [1.29, 1.82) is 0 Å². The summed E-state index contributed by atoms with van der Waals surface area (Å²) in [5, 5.41) is 11.7. The van der Waals surface area contributed by atoms with E-state index in [9.17, 15) is 14.4 Å². The molecule has 0 bridgehead atoms. The van der Waals surface area contributed by atoms with Gasteiger partial charge < -0.3 is 19.7 Å². The van der Waals surface area contributed by atoms with Gasteiger partial charge in [-0.3, -0.25) is 9.59 Å². The fourth-order valence-corrected chi connectivity index (χ4v) is 3.50. The van der Waals surface area contributed by atoms with E-state index in [4.69, 9.17) is 9.52 Å². The second-order valence-electron chi connectivity index (χ2n) is 5.42. The van der Waals surface area contributed by atoms with E-state index >= 15 is 0 Å². The summed E-state index contributed by atoms with van der Waals surface area (Å²) in [7, 11) is 0. The quantitative estimate of drug-likeness (QED) is 0.860. The predicted octanol–water partition coefficient (Wildman–Crippen LogP) is 1.96. The van der Waals surface area contributed by atoms with E-state index in [0.29, 0.717) is 23.6 Å². The van der Waals surface area contributed by atoms with E-state index in [-0.39, 0.29) is 23.2 Å². The third-order valence-corrected chi connectivity index (χ3v) is 4.92. The first-order chi connectivity index (χ1) is 11.6. The molecule has 7 nitrogen and oxygen atoms in total. The minimum absolute atomic E-state index is 0.108. The average molecular weight is 348 g/mol. The van der Waals surface area contributed by atoms with Crippen molar-refractivity contribution in [1.82, 2.24) is 10.2 Å². The van der Waals surface area contributed by atoms with Crippen molar-refractivity contribution >= 4 is 29.1 Å². The van der Waals surface area contributed by atoms with Crippen LogP contribution in [0.5, 0.6) is 0 Å². The number of carboxylic acids is 1. The molecular formula is C16H16N2O5S. The highest BCUT2D eigenvalue weighted by molar-refractivity contribution is 7.15. The first-order valence-electron chi connectivity index (χ1n) is 7.50. The molecule has 2 aromatic rings. The van der Waals surface area contributed by atoms with Crippen LogP contribution in [0.2, 0.25) is 0 Å². The molecule has 0 radical (unpaired) electrons. The number of thiophene rings is 1. The Balaban J connectivity index is 1.66. The lowest BCUT2D eigenvalue weighted by Gasteiger charge is -2.23. The summed E-state index contributed by atoms with van der Waals surface area (Å²) in [6.45, 7) is 0.754. The summed E-state index contributed by atoms with van der Waals surface area (Å²) in [6.07, 6.45) is 2.86. The van der Waals surface area contributed by atoms with Gasteiger partial charge in [-0.2, -0.15) is 0 Å². The van der Waals surface area contributed by atoms with E-state index in [2.05, 4.69) is 5.32 Å². The predicted molar refractivity (Wildman–Crippen MR) is 85.9 cm³/mol. The first kappa shape index (κ1) is 16.3. The Morgan fingerprint density at radius 1 is 1.29 bits per heavy atom. The maximum Gasteiger partial charge on any atom is 0.345 e. The summed E-state index contributed by atoms with van der Waals surface area (Å²) in [5.74, 6) is -0.952. The van der Waals surface area contributed by atoms with Crippen LogP contribution in [0.1, 0.15) is 37.9 Å². The fourth-order valence-electron chi connectivity index (χ4n) is 2.70. The third-order valence-electron chi connectivity index (χ3n) is 3.86. The maximum absolute atomic E-state index is 12.6. The number of nitrogens with one attached hydrogen (secondary N) is 1. The van der Waals surface area contributed by atoms with Crippen molar-refractivity contribution in [3.63, 3.8) is 0 Å². The van der Waals surface area contributed by atoms with Crippen molar-refractivity contribution in [2.24, 2.45) is 0 Å². The van der Waals surface area contributed by atoms with E-state index in [1.165, 1.54) is 23.3 Å². The third kappa shape index (κ3) is 3.33. The molecule has 0 unspecified atom stereocenters. The number of furan rings is 1. The van der Waals surface area contributed by atoms with Crippen LogP contribution in [-0.4, -0.2) is 40.4 Å². The van der Waals surface area contributed by atoms with Gasteiger partial charge >= 0.3 is 5.97 Å². The fraction of sp³-hybridized carbons (Fsp3) is 0.312. The average Bonchev–Trinajstić information content (AvgIpc) is 3.33. The van der Waals surface area contributed by atoms with Crippen molar-refractivity contribution in [3.8, 4) is 0 Å². The molecule has 0 saturated carbocycles. The smallest absolute Gasteiger partial charge is 0.345 e. The maximum atomic E-state index is 12.6. The highest BCUT2D eigenvalue weighted by atomic mass is 32.1. The van der Waals surface area contributed by atoms with Crippen LogP contribution in [0.4, 0.5) is 0 Å². The van der Waals surface area contributed by atoms with Crippen LogP contribution in [0.3, 0.4) is 0 Å². The lowest BCUT2D eigenvalue weighted by molar-refractivity contribution is -0.125. The zero-order valence-electron chi connectivity index (χ0n) is 12.7. The number of rotatable bonds is 5. The molecule has 2 N–H and O–H groups in total. The summed E-state index contributed by atoms with van der Waals surface area (Å²) < 4.78 is 5.17. The Morgan fingerprint density at radius 3 is 2.75 bits per heavy atom. The highest BCUT2D eigenvalue weighted by Gasteiger charge is 2.35. The molecule has 24 heavy (non-hydrogen) atoms. The van der Waals surface area contributed by atoms with Crippen LogP contribution in [-0.2, 0) is 11.3 Å². The van der Waals surface area contributed by atoms with Crippen LogP contribution >= 0.6 is 11.3 Å². The molecule has 3 rings (SSSR count). The van der Waals surface area contributed by atoms with Gasteiger partial charge in [-0.15, -0.1) is 11.3 Å². The first-order valence-corrected chi connectivity index (χ1v) is 8.32. The van der Waals surface area contributed by atoms with Crippen molar-refractivity contribution < 1.29 is 23.9 Å². The number of likely N-dealkylation sites (tertiary alicyclic amines) is 1. The van der Waals surface area contributed by atoms with E-state index in [0.717, 1.165) is 17.8 Å². The van der Waals surface area contributed by atoms with E-state index in [1.54, 1.807) is 12.1 Å². The SMILES string of the molecule is O=C(O)c1ccc(C(=O)N2CCC[C@@H]2C(=O)NCc2ccco2)s1. The van der Waals surface area contributed by atoms with E-state index < -0.39 is 12.0 Å². The van der Waals surface area contributed by atoms with Gasteiger partial charge in [0.25, 0.3) is 5.91 Å². The monoisotopic (exact) mass is 348 g/mol. The second kappa shape index (κ2) is 6.88. The number of nitrogens with zero attached hydrogens (tertiary/aromatic N) is 1. The molecule has 8 heteroatoms. The van der Waals surface area contributed by atoms with Gasteiger partial charge in [0.15, 0.2) is 0 Å². The molecule has 126 valence electrons. The zero-order valence-corrected chi connectivity index (χ0v) is 13.5. The molecule has 0 spiro atoms. The molecule has 1 atom stereocenters. The van der Waals surface area contributed by atoms with Crippen LogP contribution < -0.4 is 5.32 Å². The minimum atomic E-state index is -1.06. The molecule has 2 aromatic heterocycles. The van der Waals surface area contributed by atoms with Crippen LogP contribution in [0.25, 0.3) is 0 Å². The van der Waals surface area contributed by atoms with Gasteiger partial charge in [0.1, 0.15) is 16.7 Å². The number of carbonyl (C=O) groups is 3. The molecule has 1 aliphatic rings. The topological polar surface area (TPSA) is 99.9 Å². The van der Waals surface area contributed by atoms with Gasteiger partial charge in [0, 0.05) is 6.54 Å². The molecule has 2 amide bonds. The highest BCUT2D eigenvalue weighted by Crippen LogP contribution is 2.24. The Kier molecular flexibility index (Phi) is 4.66. The summed E-state index contributed by atoms with van der Waals surface area (Å²) in [5.41, 5.74) is 0. The van der Waals surface area contributed by atoms with Gasteiger partial charge in [0.05, 0.1) is 17.7 Å². The Hall–Kier alpha value is -2.61. The van der Waals surface area contributed by atoms with Gasteiger partial charge in [-0.1, -0.05) is 0 Å². The Morgan fingerprint density at radius 2 is 2.08 bits per heavy atom. The van der Waals surface area contributed by atoms with Crippen molar-refractivity contribution in [2.45, 2.75) is 25.4 Å². The number of hydrogen-bond donors (Lipinski definition) is 2. The molecule has 1 aliphatic heterocycles. The number of aromatic carboxylic acids is 1. The zero-order chi connectivity index (χ0) is 17.1. The molecule has 3 heterocycles. The summed E-state index contributed by atoms with van der Waals surface area (Å²) >= 11 is 0.924. The van der Waals surface area contributed by atoms with Gasteiger partial charge in [-0.25, -0.2) is 4.79 Å². The normalized spacial score (nSPS) is 17.0. The Labute approximate surface area is 141 Å². The van der Waals surface area contributed by atoms with Crippen molar-refractivity contribution in [3.05, 3.63) is 46.0 Å². The lowest BCUT2D eigenvalue weighted by Crippen LogP contribution is -2.45. The van der Waals surface area contributed by atoms with E-state index in [1.807, 2.05) is 0 Å². The van der Waals surface area contributed by atoms with Crippen molar-refractivity contribution in [2.75, 3.05) is 6.54 Å². The number of amides is 2. The number of hydrogen-bond acceptors (Lipinski definition) is 5. The number of carbonyl (C=O) groups excluding carboxylic acids is 2. The van der Waals surface area contributed by atoms with Crippen LogP contribution in [0.15, 0.2) is 34.9 Å². The summed E-state index contributed by atoms with van der Waals surface area (Å²) in [4.78, 5) is 37.8. The van der Waals surface area contributed by atoms with Crippen LogP contribution in [0, 0.1) is 0 Å². The molecule has 0 aromatic carbocycles. The Bertz CT molecular complexity index is 752. The second-order valence-corrected chi connectivity index (χ2v) is 6.51. The lowest BCUT2D eigenvalue weighted by atomic mass is 10.2. The standard InChI is InChI=1S/C16H16N2O5S/c19-14(17-9-10-3-2-8-23-10)11-4-1-7-18(11)15(20)12-5-6-13(24-12)16(21)22/h2-3,5-6,8,11H,1,4,7,9H2,(H,17,19)(H,21,22)/t11-/m1/s1. The largest absolute Gasteiger partial charge is 0.477 e. The molecule has 1 fully saturated rings. The molecule has 1 saturated heterocycles. The molecular weight excluding hydrogens is 332 g/mol. The minimum Gasteiger partial charge on any atom is -0.477 e. The van der Waals surface area contributed by atoms with Gasteiger partial charge in [-0.05, 0) is 37.1 Å².